The maximum Gasteiger partial charge on any atom is 0.241 e. The zero-order chi connectivity index (χ0) is 23.6. The molecule has 33 heavy (non-hydrogen) atoms. The molecule has 0 fully saturated rings. The van der Waals surface area contributed by atoms with E-state index in [9.17, 15) is 13.2 Å². The SMILES string of the molecule is CC(c1ccc(S(N)(=O)=O)cc1)N(C)CC(=O)N1c2ccccc2SCC1c1ccccc1. The number of hydrogen-bond donors (Lipinski definition) is 1. The first-order valence-electron chi connectivity index (χ1n) is 10.7. The predicted octanol–water partition coefficient (Wildman–Crippen LogP) is 4.21. The van der Waals surface area contributed by atoms with Crippen molar-refractivity contribution < 1.29 is 13.2 Å². The molecule has 0 spiro atoms. The highest BCUT2D eigenvalue weighted by Crippen LogP contribution is 2.43. The van der Waals surface area contributed by atoms with Crippen LogP contribution in [0.5, 0.6) is 0 Å². The zero-order valence-corrected chi connectivity index (χ0v) is 20.2. The highest BCUT2D eigenvalue weighted by molar-refractivity contribution is 7.99. The molecule has 3 aromatic rings. The van der Waals surface area contributed by atoms with Crippen LogP contribution >= 0.6 is 11.8 Å². The molecule has 0 aromatic heterocycles. The Hall–Kier alpha value is -2.65. The van der Waals surface area contributed by atoms with Gasteiger partial charge in [-0.15, -0.1) is 11.8 Å². The van der Waals surface area contributed by atoms with Gasteiger partial charge in [0.05, 0.1) is 23.2 Å². The van der Waals surface area contributed by atoms with Crippen LogP contribution < -0.4 is 10.0 Å². The number of sulfonamides is 1. The summed E-state index contributed by atoms with van der Waals surface area (Å²) in [4.78, 5) is 18.7. The van der Waals surface area contributed by atoms with Crippen molar-refractivity contribution in [1.29, 1.82) is 0 Å². The van der Waals surface area contributed by atoms with Gasteiger partial charge < -0.3 is 4.90 Å². The van der Waals surface area contributed by atoms with Gasteiger partial charge in [-0.2, -0.15) is 0 Å². The van der Waals surface area contributed by atoms with Gasteiger partial charge in [-0.05, 0) is 49.4 Å². The maximum absolute atomic E-state index is 13.7. The van der Waals surface area contributed by atoms with Gasteiger partial charge >= 0.3 is 0 Å². The lowest BCUT2D eigenvalue weighted by molar-refractivity contribution is -0.120. The number of carbonyl (C=O) groups excluding carboxylic acids is 1. The molecule has 1 aliphatic heterocycles. The number of likely N-dealkylation sites (N-methyl/N-ethyl adjacent to an activating group) is 1. The second-order valence-electron chi connectivity index (χ2n) is 8.17. The number of rotatable bonds is 6. The largest absolute Gasteiger partial charge is 0.302 e. The molecule has 0 radical (unpaired) electrons. The number of benzene rings is 3. The molecule has 8 heteroatoms. The van der Waals surface area contributed by atoms with Crippen LogP contribution in [0, 0.1) is 0 Å². The Bertz CT molecular complexity index is 1230. The van der Waals surface area contributed by atoms with Crippen molar-refractivity contribution in [2.75, 3.05) is 24.2 Å². The van der Waals surface area contributed by atoms with Gasteiger partial charge in [0.2, 0.25) is 15.9 Å². The van der Waals surface area contributed by atoms with Crippen molar-refractivity contribution in [2.24, 2.45) is 5.14 Å². The average Bonchev–Trinajstić information content (AvgIpc) is 2.82. The average molecular weight is 482 g/mol. The van der Waals surface area contributed by atoms with Gasteiger partial charge in [0.15, 0.2) is 0 Å². The van der Waals surface area contributed by atoms with Gasteiger partial charge in [-0.1, -0.05) is 54.6 Å². The van der Waals surface area contributed by atoms with E-state index in [-0.39, 0.29) is 29.4 Å². The molecule has 0 saturated carbocycles. The summed E-state index contributed by atoms with van der Waals surface area (Å²) in [6.45, 7) is 2.22. The molecule has 172 valence electrons. The molecule has 2 unspecified atom stereocenters. The Morgan fingerprint density at radius 2 is 1.70 bits per heavy atom. The van der Waals surface area contributed by atoms with E-state index in [0.29, 0.717) is 0 Å². The van der Waals surface area contributed by atoms with E-state index in [4.69, 9.17) is 5.14 Å². The Morgan fingerprint density at radius 3 is 2.36 bits per heavy atom. The van der Waals surface area contributed by atoms with Crippen LogP contribution in [-0.4, -0.2) is 38.6 Å². The summed E-state index contributed by atoms with van der Waals surface area (Å²) in [5.74, 6) is 0.813. The molecule has 1 heterocycles. The van der Waals surface area contributed by atoms with Crippen LogP contribution in [0.4, 0.5) is 5.69 Å². The second kappa shape index (κ2) is 9.69. The Labute approximate surface area is 199 Å². The molecule has 1 amide bonds. The lowest BCUT2D eigenvalue weighted by atomic mass is 10.0. The van der Waals surface area contributed by atoms with E-state index in [1.54, 1.807) is 23.9 Å². The minimum atomic E-state index is -3.74. The van der Waals surface area contributed by atoms with Gasteiger partial charge in [-0.25, -0.2) is 13.6 Å². The number of carbonyl (C=O) groups is 1. The third-order valence-electron chi connectivity index (χ3n) is 6.02. The van der Waals surface area contributed by atoms with E-state index in [2.05, 4.69) is 18.2 Å². The minimum Gasteiger partial charge on any atom is -0.302 e. The van der Waals surface area contributed by atoms with Gasteiger partial charge in [-0.3, -0.25) is 9.69 Å². The van der Waals surface area contributed by atoms with Crippen molar-refractivity contribution in [3.05, 3.63) is 90.0 Å². The van der Waals surface area contributed by atoms with Crippen LogP contribution in [0.15, 0.2) is 88.7 Å². The molecule has 4 rings (SSSR count). The summed E-state index contributed by atoms with van der Waals surface area (Å²) < 4.78 is 23.1. The van der Waals surface area contributed by atoms with Crippen LogP contribution in [0.1, 0.15) is 30.1 Å². The standard InChI is InChI=1S/C25H27N3O3S2/c1-18(19-12-14-21(15-13-19)33(26,30)31)27(2)16-25(29)28-22-10-6-7-11-24(22)32-17-23(28)20-8-4-3-5-9-20/h3-15,18,23H,16-17H2,1-2H3,(H2,26,30,31). The summed E-state index contributed by atoms with van der Waals surface area (Å²) in [5, 5.41) is 5.20. The molecule has 0 bridgehead atoms. The van der Waals surface area contributed by atoms with Crippen molar-refractivity contribution in [3.8, 4) is 0 Å². The lowest BCUT2D eigenvalue weighted by Gasteiger charge is -2.38. The van der Waals surface area contributed by atoms with E-state index in [0.717, 1.165) is 27.5 Å². The molecule has 0 aliphatic carbocycles. The van der Waals surface area contributed by atoms with Crippen LogP contribution in [0.2, 0.25) is 0 Å². The van der Waals surface area contributed by atoms with Gasteiger partial charge in [0, 0.05) is 16.7 Å². The topological polar surface area (TPSA) is 83.7 Å². The van der Waals surface area contributed by atoms with E-state index < -0.39 is 10.0 Å². The Morgan fingerprint density at radius 1 is 1.06 bits per heavy atom. The van der Waals surface area contributed by atoms with E-state index in [1.165, 1.54) is 12.1 Å². The fraction of sp³-hybridized carbons (Fsp3) is 0.240. The van der Waals surface area contributed by atoms with Crippen molar-refractivity contribution in [1.82, 2.24) is 4.90 Å². The molecule has 2 N–H and O–H groups in total. The number of para-hydroxylation sites is 1. The number of nitrogens with zero attached hydrogens (tertiary/aromatic N) is 2. The third-order valence-corrected chi connectivity index (χ3v) is 8.09. The summed E-state index contributed by atoms with van der Waals surface area (Å²) in [6, 6.07) is 24.5. The molecule has 0 saturated heterocycles. The number of anilines is 1. The maximum atomic E-state index is 13.7. The fourth-order valence-corrected chi connectivity index (χ4v) is 5.72. The second-order valence-corrected chi connectivity index (χ2v) is 10.8. The Kier molecular flexibility index (Phi) is 6.90. The fourth-order valence-electron chi connectivity index (χ4n) is 4.03. The number of primary sulfonamides is 1. The molecular weight excluding hydrogens is 454 g/mol. The predicted molar refractivity (Wildman–Crippen MR) is 133 cm³/mol. The first kappa shape index (κ1) is 23.5. The summed E-state index contributed by atoms with van der Waals surface area (Å²) in [6.07, 6.45) is 0. The van der Waals surface area contributed by atoms with Crippen LogP contribution in [0.3, 0.4) is 0 Å². The number of amides is 1. The van der Waals surface area contributed by atoms with Crippen molar-refractivity contribution in [3.63, 3.8) is 0 Å². The quantitative estimate of drug-likeness (QED) is 0.570. The molecular formula is C25H27N3O3S2. The van der Waals surface area contributed by atoms with Crippen molar-refractivity contribution in [2.45, 2.75) is 28.8 Å². The zero-order valence-electron chi connectivity index (χ0n) is 18.6. The smallest absolute Gasteiger partial charge is 0.241 e. The van der Waals surface area contributed by atoms with Crippen LogP contribution in [0.25, 0.3) is 0 Å². The number of nitrogens with two attached hydrogens (primary N) is 1. The third kappa shape index (κ3) is 5.14. The molecule has 3 aromatic carbocycles. The molecule has 1 aliphatic rings. The van der Waals surface area contributed by atoms with Gasteiger partial charge in [0.25, 0.3) is 0 Å². The van der Waals surface area contributed by atoms with Crippen molar-refractivity contribution >= 4 is 33.4 Å². The lowest BCUT2D eigenvalue weighted by Crippen LogP contribution is -2.44. The number of hydrogen-bond acceptors (Lipinski definition) is 5. The van der Waals surface area contributed by atoms with Gasteiger partial charge in [0.1, 0.15) is 0 Å². The summed E-state index contributed by atoms with van der Waals surface area (Å²) in [7, 11) is -1.84. The highest BCUT2D eigenvalue weighted by atomic mass is 32.2. The summed E-state index contributed by atoms with van der Waals surface area (Å²) in [5.41, 5.74) is 2.96. The first-order valence-corrected chi connectivity index (χ1v) is 13.2. The highest BCUT2D eigenvalue weighted by Gasteiger charge is 2.33. The Balaban J connectivity index is 1.57. The monoisotopic (exact) mass is 481 g/mol. The van der Waals surface area contributed by atoms with E-state index in [1.807, 2.05) is 60.2 Å². The molecule has 6 nitrogen and oxygen atoms in total. The number of thioether (sulfide) groups is 1. The van der Waals surface area contributed by atoms with Crippen LogP contribution in [-0.2, 0) is 14.8 Å². The molecule has 2 atom stereocenters. The minimum absolute atomic E-state index is 0.0205. The summed E-state index contributed by atoms with van der Waals surface area (Å²) >= 11 is 1.77. The normalized spacial score (nSPS) is 17.0. The van der Waals surface area contributed by atoms with E-state index >= 15 is 0 Å². The number of fused-ring (bicyclic) bond motifs is 1. The first-order chi connectivity index (χ1) is 15.8.